The normalized spacial score (nSPS) is 12.8. The Morgan fingerprint density at radius 3 is 1.52 bits per heavy atom. The highest BCUT2D eigenvalue weighted by Crippen LogP contribution is 2.37. The van der Waals surface area contributed by atoms with Crippen LogP contribution in [0.5, 0.6) is 11.5 Å². The lowest BCUT2D eigenvalue weighted by molar-refractivity contribution is 0.171. The topological polar surface area (TPSA) is 90.2 Å². The zero-order chi connectivity index (χ0) is 15.4. The van der Waals surface area contributed by atoms with E-state index in [4.69, 9.17) is 14.3 Å². The summed E-state index contributed by atoms with van der Waals surface area (Å²) in [4.78, 5) is 18.1. The zero-order valence-corrected chi connectivity index (χ0v) is 12.3. The molecular weight excluding hydrogens is 291 g/mol. The minimum atomic E-state index is -2.46. The lowest BCUT2D eigenvalue weighted by Gasteiger charge is -2.25. The van der Waals surface area contributed by atoms with Gasteiger partial charge >= 0.3 is 8.60 Å². The van der Waals surface area contributed by atoms with Gasteiger partial charge in [-0.05, 0) is 42.3 Å². The van der Waals surface area contributed by atoms with Gasteiger partial charge in [0.05, 0.1) is 6.10 Å². The average molecular weight is 308 g/mol. The molecule has 0 heterocycles. The number of rotatable bonds is 5. The van der Waals surface area contributed by atoms with Crippen molar-refractivity contribution in [3.63, 3.8) is 0 Å². The highest BCUT2D eigenvalue weighted by molar-refractivity contribution is 7.39. The Balaban J connectivity index is 2.38. The molecule has 1 atom stereocenters. The predicted octanol–water partition coefficient (Wildman–Crippen LogP) is 2.85. The van der Waals surface area contributed by atoms with Crippen molar-refractivity contribution in [1.29, 1.82) is 0 Å². The van der Waals surface area contributed by atoms with Gasteiger partial charge in [0, 0.05) is 5.92 Å². The van der Waals surface area contributed by atoms with E-state index in [1.807, 2.05) is 0 Å². The molecule has 1 unspecified atom stereocenters. The second-order valence-corrected chi connectivity index (χ2v) is 5.44. The molecule has 0 saturated carbocycles. The molecule has 6 heteroatoms. The fourth-order valence-corrected chi connectivity index (χ4v) is 2.73. The zero-order valence-electron chi connectivity index (χ0n) is 11.4. The minimum absolute atomic E-state index is 0.156. The molecule has 0 fully saturated rings. The fraction of sp³-hybridized carbons (Fsp3) is 0.200. The van der Waals surface area contributed by atoms with Gasteiger partial charge in [-0.25, -0.2) is 0 Å². The molecule has 0 radical (unpaired) electrons. The van der Waals surface area contributed by atoms with Crippen LogP contribution in [0.25, 0.3) is 0 Å². The Bertz CT molecular complexity index is 522. The molecular formula is C15H17O5P. The van der Waals surface area contributed by atoms with Gasteiger partial charge in [0.25, 0.3) is 0 Å². The smallest absolute Gasteiger partial charge is 0.327 e. The van der Waals surface area contributed by atoms with E-state index in [-0.39, 0.29) is 17.4 Å². The van der Waals surface area contributed by atoms with Crippen LogP contribution in [0.4, 0.5) is 0 Å². The van der Waals surface area contributed by atoms with Gasteiger partial charge in [0.15, 0.2) is 0 Å². The van der Waals surface area contributed by atoms with Crippen LogP contribution in [-0.4, -0.2) is 26.1 Å². The lowest BCUT2D eigenvalue weighted by Crippen LogP contribution is -2.18. The van der Waals surface area contributed by atoms with Crippen molar-refractivity contribution in [3.05, 3.63) is 59.7 Å². The van der Waals surface area contributed by atoms with E-state index in [0.717, 1.165) is 11.1 Å². The van der Waals surface area contributed by atoms with E-state index < -0.39 is 14.7 Å². The minimum Gasteiger partial charge on any atom is -0.508 e. The number of phenolic OH excluding ortho intramolecular Hbond substituents is 2. The van der Waals surface area contributed by atoms with Gasteiger partial charge in [-0.15, -0.1) is 0 Å². The first-order chi connectivity index (χ1) is 9.97. The summed E-state index contributed by atoms with van der Waals surface area (Å²) >= 11 is 0. The summed E-state index contributed by atoms with van der Waals surface area (Å²) < 4.78 is 5.13. The monoisotopic (exact) mass is 308 g/mol. The van der Waals surface area contributed by atoms with Gasteiger partial charge in [-0.3, -0.25) is 0 Å². The van der Waals surface area contributed by atoms with Gasteiger partial charge in [-0.2, -0.15) is 0 Å². The summed E-state index contributed by atoms with van der Waals surface area (Å²) in [5, 5.41) is 18.8. The van der Waals surface area contributed by atoms with Crippen molar-refractivity contribution in [1.82, 2.24) is 0 Å². The SMILES string of the molecule is CC(OP(O)O)C(c1ccc(O)cc1)c1ccc(O)cc1. The van der Waals surface area contributed by atoms with Crippen molar-refractivity contribution in [3.8, 4) is 11.5 Å². The number of benzene rings is 2. The molecule has 21 heavy (non-hydrogen) atoms. The van der Waals surface area contributed by atoms with Gasteiger partial charge < -0.3 is 24.5 Å². The Kier molecular flexibility index (Phi) is 5.15. The maximum atomic E-state index is 9.39. The molecule has 112 valence electrons. The maximum Gasteiger partial charge on any atom is 0.327 e. The third kappa shape index (κ3) is 4.16. The largest absolute Gasteiger partial charge is 0.508 e. The van der Waals surface area contributed by atoms with Crippen LogP contribution in [0.3, 0.4) is 0 Å². The molecule has 2 rings (SSSR count). The average Bonchev–Trinajstić information content (AvgIpc) is 2.42. The summed E-state index contributed by atoms with van der Waals surface area (Å²) in [7, 11) is -2.46. The number of aromatic hydroxyl groups is 2. The van der Waals surface area contributed by atoms with Crippen molar-refractivity contribution in [2.75, 3.05) is 0 Å². The molecule has 2 aromatic rings. The summed E-state index contributed by atoms with van der Waals surface area (Å²) in [6.45, 7) is 1.74. The van der Waals surface area contributed by atoms with Crippen LogP contribution in [0.2, 0.25) is 0 Å². The Labute approximate surface area is 124 Å². The van der Waals surface area contributed by atoms with Crippen molar-refractivity contribution in [2.24, 2.45) is 0 Å². The van der Waals surface area contributed by atoms with Crippen LogP contribution in [0.15, 0.2) is 48.5 Å². The highest BCUT2D eigenvalue weighted by Gasteiger charge is 2.24. The molecule has 0 aromatic heterocycles. The molecule has 0 spiro atoms. The molecule has 0 saturated heterocycles. The van der Waals surface area contributed by atoms with Crippen molar-refractivity contribution < 1.29 is 24.5 Å². The number of phenols is 2. The first kappa shape index (κ1) is 15.7. The molecule has 2 aromatic carbocycles. The predicted molar refractivity (Wildman–Crippen MR) is 80.0 cm³/mol. The van der Waals surface area contributed by atoms with E-state index in [0.29, 0.717) is 0 Å². The van der Waals surface area contributed by atoms with E-state index in [2.05, 4.69) is 0 Å². The molecule has 0 aliphatic carbocycles. The van der Waals surface area contributed by atoms with Gasteiger partial charge in [0.1, 0.15) is 11.5 Å². The first-order valence-electron chi connectivity index (χ1n) is 6.40. The van der Waals surface area contributed by atoms with Crippen LogP contribution in [0.1, 0.15) is 24.0 Å². The quantitative estimate of drug-likeness (QED) is 0.638. The number of hydrogen-bond acceptors (Lipinski definition) is 5. The van der Waals surface area contributed by atoms with Gasteiger partial charge in [0.2, 0.25) is 0 Å². The van der Waals surface area contributed by atoms with Crippen LogP contribution >= 0.6 is 8.60 Å². The van der Waals surface area contributed by atoms with Crippen LogP contribution < -0.4 is 0 Å². The molecule has 4 N–H and O–H groups in total. The molecule has 5 nitrogen and oxygen atoms in total. The second-order valence-electron chi connectivity index (χ2n) is 4.72. The Morgan fingerprint density at radius 2 is 1.19 bits per heavy atom. The molecule has 0 aliphatic rings. The van der Waals surface area contributed by atoms with Crippen LogP contribution in [0, 0.1) is 0 Å². The first-order valence-corrected chi connectivity index (χ1v) is 7.56. The van der Waals surface area contributed by atoms with E-state index in [9.17, 15) is 10.2 Å². The standard InChI is InChI=1S/C15H17O5P/c1-10(20-21(18)19)15(11-2-6-13(16)7-3-11)12-4-8-14(17)9-5-12/h2-10,15-19H,1H3. The highest BCUT2D eigenvalue weighted by atomic mass is 31.2. The molecule has 0 aliphatic heterocycles. The summed E-state index contributed by atoms with van der Waals surface area (Å²) in [5.41, 5.74) is 1.73. The van der Waals surface area contributed by atoms with Gasteiger partial charge in [-0.1, -0.05) is 24.3 Å². The Morgan fingerprint density at radius 1 is 0.810 bits per heavy atom. The lowest BCUT2D eigenvalue weighted by atomic mass is 9.87. The number of hydrogen-bond donors (Lipinski definition) is 4. The second kappa shape index (κ2) is 6.87. The van der Waals surface area contributed by atoms with Crippen molar-refractivity contribution >= 4 is 8.60 Å². The van der Waals surface area contributed by atoms with E-state index in [1.54, 1.807) is 55.5 Å². The van der Waals surface area contributed by atoms with E-state index in [1.165, 1.54) is 0 Å². The third-order valence-corrected chi connectivity index (χ3v) is 3.76. The summed E-state index contributed by atoms with van der Waals surface area (Å²) in [6.07, 6.45) is -0.486. The summed E-state index contributed by atoms with van der Waals surface area (Å²) in [5.74, 6) is 0.0576. The van der Waals surface area contributed by atoms with Crippen LogP contribution in [-0.2, 0) is 4.52 Å². The molecule has 0 amide bonds. The molecule has 0 bridgehead atoms. The third-order valence-electron chi connectivity index (χ3n) is 3.23. The van der Waals surface area contributed by atoms with Crippen molar-refractivity contribution in [2.45, 2.75) is 18.9 Å². The maximum absolute atomic E-state index is 9.39. The fourth-order valence-electron chi connectivity index (χ4n) is 2.31. The van der Waals surface area contributed by atoms with E-state index >= 15 is 0 Å². The summed E-state index contributed by atoms with van der Waals surface area (Å²) in [6, 6.07) is 13.3. The Hall–Kier alpha value is -1.65.